The fourth-order valence-electron chi connectivity index (χ4n) is 2.56. The number of aromatic nitrogens is 3. The zero-order valence-electron chi connectivity index (χ0n) is 12.9. The first kappa shape index (κ1) is 15.6. The van der Waals surface area contributed by atoms with Crippen molar-refractivity contribution in [2.75, 3.05) is 11.4 Å². The Balaban J connectivity index is 1.62. The van der Waals surface area contributed by atoms with Gasteiger partial charge in [0.2, 0.25) is 5.91 Å². The van der Waals surface area contributed by atoms with Gasteiger partial charge in [-0.05, 0) is 19.3 Å². The van der Waals surface area contributed by atoms with E-state index in [0.29, 0.717) is 0 Å². The van der Waals surface area contributed by atoms with E-state index in [9.17, 15) is 4.79 Å². The first-order valence-electron chi connectivity index (χ1n) is 7.52. The van der Waals surface area contributed by atoms with Gasteiger partial charge in [-0.2, -0.15) is 5.10 Å². The summed E-state index contributed by atoms with van der Waals surface area (Å²) in [5.41, 5.74) is 2.00. The van der Waals surface area contributed by atoms with Gasteiger partial charge in [0.1, 0.15) is 0 Å². The van der Waals surface area contributed by atoms with Crippen LogP contribution in [0.25, 0.3) is 0 Å². The molecule has 1 saturated heterocycles. The topological polar surface area (TPSA) is 51.0 Å². The van der Waals surface area contributed by atoms with Gasteiger partial charge in [0.15, 0.2) is 0 Å². The lowest BCUT2D eigenvalue weighted by Crippen LogP contribution is -2.42. The highest BCUT2D eigenvalue weighted by Crippen LogP contribution is 2.29. The summed E-state index contributed by atoms with van der Waals surface area (Å²) >= 11 is 3.42. The normalized spacial score (nSPS) is 18.9. The minimum absolute atomic E-state index is 0.0285. The molecule has 3 heterocycles. The lowest BCUT2D eigenvalue weighted by Gasteiger charge is -2.30. The van der Waals surface area contributed by atoms with Crippen LogP contribution in [0.2, 0.25) is 0 Å². The Bertz CT molecular complexity index is 652. The number of carbonyl (C=O) groups excluding carboxylic acids is 1. The number of thioether (sulfide) groups is 1. The van der Waals surface area contributed by atoms with Crippen molar-refractivity contribution < 1.29 is 4.79 Å². The second-order valence-corrected chi connectivity index (χ2v) is 7.52. The molecule has 1 aliphatic rings. The van der Waals surface area contributed by atoms with Crippen LogP contribution in [0.5, 0.6) is 0 Å². The lowest BCUT2D eigenvalue weighted by molar-refractivity contribution is -0.119. The number of thiazole rings is 1. The maximum Gasteiger partial charge on any atom is 0.240 e. The van der Waals surface area contributed by atoms with Crippen LogP contribution in [0.15, 0.2) is 17.8 Å². The molecule has 0 unspecified atom stereocenters. The van der Waals surface area contributed by atoms with E-state index in [-0.39, 0.29) is 11.2 Å². The lowest BCUT2D eigenvalue weighted by atomic mass is 10.1. The molecule has 0 bridgehead atoms. The number of aryl methyl sites for hydroxylation is 2. The van der Waals surface area contributed by atoms with E-state index in [0.717, 1.165) is 42.9 Å². The minimum atomic E-state index is 0.0285. The molecule has 1 aliphatic heterocycles. The quantitative estimate of drug-likeness (QED) is 0.842. The number of piperidine rings is 1. The van der Waals surface area contributed by atoms with Crippen LogP contribution in [0.3, 0.4) is 0 Å². The summed E-state index contributed by atoms with van der Waals surface area (Å²) in [4.78, 5) is 19.1. The molecule has 22 heavy (non-hydrogen) atoms. The van der Waals surface area contributed by atoms with E-state index in [2.05, 4.69) is 22.4 Å². The largest absolute Gasteiger partial charge is 0.309 e. The van der Waals surface area contributed by atoms with Crippen molar-refractivity contribution >= 4 is 34.7 Å². The molecule has 3 rings (SSSR count). The summed E-state index contributed by atoms with van der Waals surface area (Å²) < 4.78 is 1.74. The van der Waals surface area contributed by atoms with Crippen LogP contribution in [-0.4, -0.2) is 32.5 Å². The number of hydrogen-bond donors (Lipinski definition) is 0. The Morgan fingerprint density at radius 1 is 1.50 bits per heavy atom. The van der Waals surface area contributed by atoms with E-state index in [1.807, 2.05) is 18.1 Å². The molecule has 1 fully saturated rings. The van der Waals surface area contributed by atoms with Gasteiger partial charge in [0, 0.05) is 30.9 Å². The molecule has 118 valence electrons. The second kappa shape index (κ2) is 6.83. The zero-order valence-corrected chi connectivity index (χ0v) is 14.5. The third kappa shape index (κ3) is 3.35. The first-order chi connectivity index (χ1) is 10.7. The van der Waals surface area contributed by atoms with E-state index in [4.69, 9.17) is 0 Å². The molecule has 0 saturated carbocycles. The van der Waals surface area contributed by atoms with Crippen molar-refractivity contribution in [3.63, 3.8) is 0 Å². The number of nitrogens with zero attached hydrogens (tertiary/aromatic N) is 4. The molecule has 5 nitrogen and oxygen atoms in total. The maximum atomic E-state index is 12.7. The minimum Gasteiger partial charge on any atom is -0.309 e. The predicted molar refractivity (Wildman–Crippen MR) is 91.4 cm³/mol. The Morgan fingerprint density at radius 3 is 3.05 bits per heavy atom. The van der Waals surface area contributed by atoms with E-state index in [1.54, 1.807) is 34.0 Å². The molecular formula is C15H20N4OS2. The Labute approximate surface area is 138 Å². The number of anilines is 1. The molecule has 0 aliphatic carbocycles. The standard InChI is InChI=1S/C15H20N4OS2/c1-3-14-17-11(10-22-14)9-21-13-5-4-6-19(15(13)20)12-7-16-18(2)8-12/h7-8,10,13H,3-6,9H2,1-2H3/t13-/m1/s1. The smallest absolute Gasteiger partial charge is 0.240 e. The Morgan fingerprint density at radius 2 is 2.36 bits per heavy atom. The molecular weight excluding hydrogens is 316 g/mol. The first-order valence-corrected chi connectivity index (χ1v) is 9.45. The van der Waals surface area contributed by atoms with Gasteiger partial charge >= 0.3 is 0 Å². The molecule has 0 N–H and O–H groups in total. The average Bonchev–Trinajstić information content (AvgIpc) is 3.15. The van der Waals surface area contributed by atoms with Gasteiger partial charge < -0.3 is 4.90 Å². The van der Waals surface area contributed by atoms with Crippen LogP contribution in [0.4, 0.5) is 5.69 Å². The highest BCUT2D eigenvalue weighted by Gasteiger charge is 2.30. The van der Waals surface area contributed by atoms with Gasteiger partial charge in [-0.25, -0.2) is 4.98 Å². The SMILES string of the molecule is CCc1nc(CS[C@@H]2CCCN(c3cnn(C)c3)C2=O)cs1. The van der Waals surface area contributed by atoms with Crippen molar-refractivity contribution in [3.8, 4) is 0 Å². The van der Waals surface area contributed by atoms with Crippen LogP contribution in [0, 0.1) is 0 Å². The summed E-state index contributed by atoms with van der Waals surface area (Å²) in [6.07, 6.45) is 6.63. The predicted octanol–water partition coefficient (Wildman–Crippen LogP) is 2.87. The van der Waals surface area contributed by atoms with Crippen LogP contribution in [0.1, 0.15) is 30.5 Å². The second-order valence-electron chi connectivity index (χ2n) is 5.39. The molecule has 0 radical (unpaired) electrons. The number of carbonyl (C=O) groups is 1. The molecule has 7 heteroatoms. The number of amides is 1. The molecule has 2 aromatic heterocycles. The summed E-state index contributed by atoms with van der Waals surface area (Å²) in [6, 6.07) is 0. The molecule has 2 aromatic rings. The molecule has 0 aromatic carbocycles. The van der Waals surface area contributed by atoms with Crippen molar-refractivity contribution in [1.29, 1.82) is 0 Å². The van der Waals surface area contributed by atoms with E-state index >= 15 is 0 Å². The highest BCUT2D eigenvalue weighted by atomic mass is 32.2. The van der Waals surface area contributed by atoms with Gasteiger partial charge in [0.05, 0.1) is 27.8 Å². The molecule has 1 amide bonds. The number of hydrogen-bond acceptors (Lipinski definition) is 5. The van der Waals surface area contributed by atoms with Crippen molar-refractivity contribution in [1.82, 2.24) is 14.8 Å². The summed E-state index contributed by atoms with van der Waals surface area (Å²) in [6.45, 7) is 2.91. The average molecular weight is 336 g/mol. The summed E-state index contributed by atoms with van der Waals surface area (Å²) in [5.74, 6) is 1.02. The van der Waals surface area contributed by atoms with E-state index < -0.39 is 0 Å². The van der Waals surface area contributed by atoms with Crippen LogP contribution >= 0.6 is 23.1 Å². The van der Waals surface area contributed by atoms with Gasteiger partial charge in [0.25, 0.3) is 0 Å². The Kier molecular flexibility index (Phi) is 4.83. The monoisotopic (exact) mass is 336 g/mol. The maximum absolute atomic E-state index is 12.7. The van der Waals surface area contributed by atoms with Crippen molar-refractivity contribution in [2.24, 2.45) is 7.05 Å². The molecule has 1 atom stereocenters. The van der Waals surface area contributed by atoms with Crippen molar-refractivity contribution in [2.45, 2.75) is 37.2 Å². The van der Waals surface area contributed by atoms with Gasteiger partial charge in [-0.1, -0.05) is 6.92 Å². The Hall–Kier alpha value is -1.34. The zero-order chi connectivity index (χ0) is 15.5. The van der Waals surface area contributed by atoms with Crippen LogP contribution < -0.4 is 4.90 Å². The van der Waals surface area contributed by atoms with Crippen molar-refractivity contribution in [3.05, 3.63) is 28.5 Å². The van der Waals surface area contributed by atoms with Gasteiger partial charge in [-0.3, -0.25) is 9.48 Å². The molecule has 0 spiro atoms. The van der Waals surface area contributed by atoms with Gasteiger partial charge in [-0.15, -0.1) is 23.1 Å². The summed E-state index contributed by atoms with van der Waals surface area (Å²) in [5, 5.41) is 7.47. The fourth-order valence-corrected chi connectivity index (χ4v) is 4.54. The third-order valence-corrected chi connectivity index (χ3v) is 6.07. The third-order valence-electron chi connectivity index (χ3n) is 3.73. The fraction of sp³-hybridized carbons (Fsp3) is 0.533. The van der Waals surface area contributed by atoms with Crippen LogP contribution in [-0.2, 0) is 24.0 Å². The number of rotatable bonds is 5. The highest BCUT2D eigenvalue weighted by molar-refractivity contribution is 7.99. The summed E-state index contributed by atoms with van der Waals surface area (Å²) in [7, 11) is 1.87. The van der Waals surface area contributed by atoms with E-state index in [1.165, 1.54) is 5.01 Å².